The second-order valence-corrected chi connectivity index (χ2v) is 8.68. The third-order valence-electron chi connectivity index (χ3n) is 5.44. The lowest BCUT2D eigenvalue weighted by Gasteiger charge is -2.44. The molecular weight excluding hydrogens is 386 g/mol. The van der Waals surface area contributed by atoms with Crippen molar-refractivity contribution >= 4 is 28.9 Å². The summed E-state index contributed by atoms with van der Waals surface area (Å²) in [7, 11) is 1.81. The van der Waals surface area contributed by atoms with E-state index in [1.807, 2.05) is 42.2 Å². The van der Waals surface area contributed by atoms with Crippen molar-refractivity contribution in [2.24, 2.45) is 7.05 Å². The van der Waals surface area contributed by atoms with Crippen molar-refractivity contribution in [2.75, 3.05) is 11.9 Å². The molecule has 1 amide bonds. The van der Waals surface area contributed by atoms with Gasteiger partial charge >= 0.3 is 0 Å². The van der Waals surface area contributed by atoms with Gasteiger partial charge in [0.05, 0.1) is 11.4 Å². The summed E-state index contributed by atoms with van der Waals surface area (Å²) < 4.78 is 3.31. The second-order valence-electron chi connectivity index (χ2n) is 8.30. The largest absolute Gasteiger partial charge is 0.358 e. The summed E-state index contributed by atoms with van der Waals surface area (Å²) in [6.07, 6.45) is 1.19. The van der Waals surface area contributed by atoms with Gasteiger partial charge in [-0.2, -0.15) is 0 Å². The highest BCUT2D eigenvalue weighted by Gasteiger charge is 2.33. The monoisotopic (exact) mass is 415 g/mol. The molecule has 1 aromatic heterocycles. The first-order chi connectivity index (χ1) is 13.6. The van der Waals surface area contributed by atoms with Gasteiger partial charge in [0.25, 0.3) is 5.56 Å². The summed E-state index contributed by atoms with van der Waals surface area (Å²) in [4.78, 5) is 27.6. The fourth-order valence-electron chi connectivity index (χ4n) is 3.92. The molecule has 1 aliphatic heterocycles. The average molecular weight is 416 g/mol. The highest BCUT2D eigenvalue weighted by molar-refractivity contribution is 7.80. The van der Waals surface area contributed by atoms with Gasteiger partial charge in [0.15, 0.2) is 5.11 Å². The molecule has 0 spiro atoms. The summed E-state index contributed by atoms with van der Waals surface area (Å²) in [6, 6.07) is 9.62. The van der Waals surface area contributed by atoms with Gasteiger partial charge in [0, 0.05) is 31.6 Å². The Kier molecular flexibility index (Phi) is 5.84. The Bertz CT molecular complexity index is 977. The number of nitrogens with zero attached hydrogens (tertiary/aromatic N) is 3. The molecule has 1 aliphatic rings. The van der Waals surface area contributed by atoms with E-state index in [1.54, 1.807) is 16.4 Å². The number of hydrogen-bond donors (Lipinski definition) is 2. The number of aromatic nitrogens is 2. The molecule has 2 N–H and O–H groups in total. The van der Waals surface area contributed by atoms with E-state index in [0.29, 0.717) is 23.0 Å². The number of thiocarbonyl (C=S) groups is 1. The Morgan fingerprint density at radius 2 is 1.97 bits per heavy atom. The zero-order valence-corrected chi connectivity index (χ0v) is 18.5. The number of carbonyl (C=O) groups is 1. The molecule has 1 aromatic carbocycles. The number of benzene rings is 1. The third kappa shape index (κ3) is 4.37. The first kappa shape index (κ1) is 21.1. The first-order valence-corrected chi connectivity index (χ1v) is 10.2. The van der Waals surface area contributed by atoms with Gasteiger partial charge in [-0.05, 0) is 58.5 Å². The molecule has 1 atom stereocenters. The molecule has 0 unspecified atom stereocenters. The Hall–Kier alpha value is -2.61. The Labute approximate surface area is 176 Å². The van der Waals surface area contributed by atoms with Gasteiger partial charge in [0.2, 0.25) is 5.91 Å². The minimum atomic E-state index is -0.241. The molecule has 29 heavy (non-hydrogen) atoms. The molecular formula is C21H29N5O2S. The van der Waals surface area contributed by atoms with Crippen LogP contribution in [0.2, 0.25) is 0 Å². The molecule has 8 heteroatoms. The summed E-state index contributed by atoms with van der Waals surface area (Å²) in [5.41, 5.74) is 1.49. The van der Waals surface area contributed by atoms with Crippen LogP contribution in [0.1, 0.15) is 39.3 Å². The SMILES string of the molecule is Cc1c(NC(=O)CCN2C(=S)NC(C)(C)C[C@@H]2C)c(=O)n(-c2ccccc2)n1C. The number of nitrogens with one attached hydrogen (secondary N) is 2. The van der Waals surface area contributed by atoms with Crippen LogP contribution < -0.4 is 16.2 Å². The van der Waals surface area contributed by atoms with Gasteiger partial charge in [0.1, 0.15) is 5.69 Å². The lowest BCUT2D eigenvalue weighted by Crippen LogP contribution is -2.60. The number of rotatable bonds is 5. The van der Waals surface area contributed by atoms with E-state index in [4.69, 9.17) is 12.2 Å². The van der Waals surface area contributed by atoms with Crippen molar-refractivity contribution in [1.29, 1.82) is 0 Å². The second kappa shape index (κ2) is 8.02. The fraction of sp³-hybridized carbons (Fsp3) is 0.476. The van der Waals surface area contributed by atoms with Gasteiger partial charge in [-0.1, -0.05) is 18.2 Å². The zero-order valence-electron chi connectivity index (χ0n) is 17.7. The van der Waals surface area contributed by atoms with Crippen LogP contribution >= 0.6 is 12.2 Å². The summed E-state index contributed by atoms with van der Waals surface area (Å²) in [5.74, 6) is -0.198. The third-order valence-corrected chi connectivity index (χ3v) is 5.78. The normalized spacial score (nSPS) is 18.4. The van der Waals surface area contributed by atoms with Gasteiger partial charge in [-0.3, -0.25) is 14.3 Å². The number of para-hydroxylation sites is 1. The van der Waals surface area contributed by atoms with E-state index >= 15 is 0 Å². The van der Waals surface area contributed by atoms with Crippen LogP contribution in [-0.4, -0.2) is 43.4 Å². The molecule has 0 radical (unpaired) electrons. The van der Waals surface area contributed by atoms with Crippen LogP contribution in [0.4, 0.5) is 5.69 Å². The average Bonchev–Trinajstić information content (AvgIpc) is 2.84. The summed E-state index contributed by atoms with van der Waals surface area (Å²) in [6.45, 7) is 8.69. The van der Waals surface area contributed by atoms with Crippen molar-refractivity contribution in [3.8, 4) is 5.69 Å². The Morgan fingerprint density at radius 1 is 1.31 bits per heavy atom. The minimum absolute atomic E-state index is 0.0427. The maximum atomic E-state index is 12.9. The molecule has 156 valence electrons. The highest BCUT2D eigenvalue weighted by atomic mass is 32.1. The Morgan fingerprint density at radius 3 is 2.59 bits per heavy atom. The van der Waals surface area contributed by atoms with E-state index in [0.717, 1.165) is 12.1 Å². The molecule has 2 aromatic rings. The molecule has 1 fully saturated rings. The van der Waals surface area contributed by atoms with Gasteiger partial charge in [-0.25, -0.2) is 4.68 Å². The maximum absolute atomic E-state index is 12.9. The smallest absolute Gasteiger partial charge is 0.295 e. The van der Waals surface area contributed by atoms with E-state index in [2.05, 4.69) is 31.4 Å². The van der Waals surface area contributed by atoms with Crippen LogP contribution in [0, 0.1) is 6.92 Å². The number of anilines is 1. The molecule has 1 saturated heterocycles. The van der Waals surface area contributed by atoms with Gasteiger partial charge in [-0.15, -0.1) is 0 Å². The van der Waals surface area contributed by atoms with Crippen LogP contribution in [-0.2, 0) is 11.8 Å². The van der Waals surface area contributed by atoms with Crippen LogP contribution in [0.15, 0.2) is 35.1 Å². The lowest BCUT2D eigenvalue weighted by atomic mass is 9.93. The number of amides is 1. The molecule has 7 nitrogen and oxygen atoms in total. The fourth-order valence-corrected chi connectivity index (χ4v) is 4.47. The summed E-state index contributed by atoms with van der Waals surface area (Å²) >= 11 is 5.48. The lowest BCUT2D eigenvalue weighted by molar-refractivity contribution is -0.116. The summed E-state index contributed by atoms with van der Waals surface area (Å²) in [5, 5.41) is 6.81. The zero-order chi connectivity index (χ0) is 21.3. The van der Waals surface area contributed by atoms with Gasteiger partial charge < -0.3 is 15.5 Å². The molecule has 3 rings (SSSR count). The maximum Gasteiger partial charge on any atom is 0.295 e. The topological polar surface area (TPSA) is 71.3 Å². The quantitative estimate of drug-likeness (QED) is 0.735. The number of carbonyl (C=O) groups excluding carboxylic acids is 1. The first-order valence-electron chi connectivity index (χ1n) is 9.83. The van der Waals surface area contributed by atoms with Crippen LogP contribution in [0.3, 0.4) is 0 Å². The Balaban J connectivity index is 1.71. The molecule has 0 aliphatic carbocycles. The van der Waals surface area contributed by atoms with Crippen LogP contribution in [0.5, 0.6) is 0 Å². The molecule has 2 heterocycles. The van der Waals surface area contributed by atoms with E-state index in [9.17, 15) is 9.59 Å². The highest BCUT2D eigenvalue weighted by Crippen LogP contribution is 2.22. The van der Waals surface area contributed by atoms with Crippen molar-refractivity contribution in [2.45, 2.75) is 52.1 Å². The molecule has 0 bridgehead atoms. The predicted octanol–water partition coefficient (Wildman–Crippen LogP) is 2.56. The van der Waals surface area contributed by atoms with Crippen molar-refractivity contribution < 1.29 is 4.79 Å². The minimum Gasteiger partial charge on any atom is -0.358 e. The van der Waals surface area contributed by atoms with E-state index < -0.39 is 0 Å². The standard InChI is InChI=1S/C21H29N5O2S/c1-14-13-21(3,4)23-20(29)25(14)12-11-17(27)22-18-15(2)24(5)26(19(18)28)16-9-7-6-8-10-16/h6-10,14H,11-13H2,1-5H3,(H,22,27)(H,23,29)/t14-/m0/s1. The van der Waals surface area contributed by atoms with Crippen LogP contribution in [0.25, 0.3) is 5.69 Å². The van der Waals surface area contributed by atoms with Crippen molar-refractivity contribution in [3.63, 3.8) is 0 Å². The molecule has 0 saturated carbocycles. The number of hydrogen-bond acceptors (Lipinski definition) is 3. The van der Waals surface area contributed by atoms with Crippen molar-refractivity contribution in [3.05, 3.63) is 46.4 Å². The van der Waals surface area contributed by atoms with Crippen molar-refractivity contribution in [1.82, 2.24) is 19.6 Å². The van der Waals surface area contributed by atoms with E-state index in [-0.39, 0.29) is 29.5 Å². The predicted molar refractivity (Wildman–Crippen MR) is 120 cm³/mol. The van der Waals surface area contributed by atoms with E-state index in [1.165, 1.54) is 0 Å².